The molecule has 0 aromatic heterocycles. The Kier molecular flexibility index (Phi) is 6.87. The maximum absolute atomic E-state index is 14.0. The van der Waals surface area contributed by atoms with E-state index in [4.69, 9.17) is 26.2 Å². The van der Waals surface area contributed by atoms with Gasteiger partial charge in [0, 0.05) is 10.6 Å². The molecular formula is C21H17ClFNO6S. The van der Waals surface area contributed by atoms with Crippen LogP contribution >= 0.6 is 23.4 Å². The average Bonchev–Trinajstić information content (AvgIpc) is 2.98. The molecule has 2 aromatic carbocycles. The van der Waals surface area contributed by atoms with Crippen LogP contribution in [0.3, 0.4) is 0 Å². The van der Waals surface area contributed by atoms with Gasteiger partial charge in [0.2, 0.25) is 0 Å². The Morgan fingerprint density at radius 2 is 2.03 bits per heavy atom. The van der Waals surface area contributed by atoms with E-state index in [0.717, 1.165) is 16.7 Å². The second kappa shape index (κ2) is 9.40. The molecule has 2 amide bonds. The van der Waals surface area contributed by atoms with Crippen molar-refractivity contribution in [3.8, 4) is 11.5 Å². The van der Waals surface area contributed by atoms with Crippen molar-refractivity contribution in [1.82, 2.24) is 4.90 Å². The fraction of sp³-hybridized carbons (Fsp3) is 0.190. The number of amides is 2. The lowest BCUT2D eigenvalue weighted by Gasteiger charge is -2.14. The van der Waals surface area contributed by atoms with Crippen LogP contribution in [0.25, 0.3) is 6.08 Å². The normalized spacial score (nSPS) is 16.0. The number of methoxy groups -OCH3 is 1. The van der Waals surface area contributed by atoms with Gasteiger partial charge in [-0.05, 0) is 54.6 Å². The molecule has 1 fully saturated rings. The van der Waals surface area contributed by atoms with Crippen molar-refractivity contribution >= 4 is 46.6 Å². The minimum absolute atomic E-state index is 0.0587. The number of carbonyl (C=O) groups excluding carboxylic acids is 2. The van der Waals surface area contributed by atoms with Crippen LogP contribution in [0.5, 0.6) is 11.5 Å². The average molecular weight is 466 g/mol. The van der Waals surface area contributed by atoms with Crippen LogP contribution in [0.15, 0.2) is 41.3 Å². The zero-order chi connectivity index (χ0) is 22.7. The summed E-state index contributed by atoms with van der Waals surface area (Å²) in [4.78, 5) is 37.1. The molecule has 3 rings (SSSR count). The van der Waals surface area contributed by atoms with Crippen LogP contribution in [0.2, 0.25) is 5.02 Å². The van der Waals surface area contributed by atoms with Gasteiger partial charge in [-0.2, -0.15) is 0 Å². The van der Waals surface area contributed by atoms with E-state index in [1.54, 1.807) is 12.1 Å². The standard InChI is InChI=1S/C21H17ClFNO6S/c1-11(20(26)27)30-16-7-6-12(8-17(16)29-2)9-18-19(25)24(21(28)31-18)10-13-14(22)4-3-5-15(13)23/h3-9,11H,10H2,1-2H3,(H,26,27)/b18-9+/t11-/m0/s1. The van der Waals surface area contributed by atoms with Gasteiger partial charge in [-0.1, -0.05) is 23.7 Å². The van der Waals surface area contributed by atoms with Crippen LogP contribution in [-0.4, -0.2) is 40.3 Å². The van der Waals surface area contributed by atoms with Crippen molar-refractivity contribution in [3.05, 3.63) is 63.3 Å². The number of thioether (sulfide) groups is 1. The van der Waals surface area contributed by atoms with Crippen LogP contribution in [0.4, 0.5) is 9.18 Å². The number of hydrogen-bond acceptors (Lipinski definition) is 6. The number of ether oxygens (including phenoxy) is 2. The number of benzene rings is 2. The molecule has 1 atom stereocenters. The summed E-state index contributed by atoms with van der Waals surface area (Å²) in [6, 6.07) is 8.77. The third-order valence-electron chi connectivity index (χ3n) is 4.39. The van der Waals surface area contributed by atoms with Crippen molar-refractivity contribution in [3.63, 3.8) is 0 Å². The monoisotopic (exact) mass is 465 g/mol. The van der Waals surface area contributed by atoms with E-state index >= 15 is 0 Å². The number of carboxylic acid groups (broad SMARTS) is 1. The zero-order valence-corrected chi connectivity index (χ0v) is 18.0. The van der Waals surface area contributed by atoms with E-state index in [2.05, 4.69) is 0 Å². The van der Waals surface area contributed by atoms with Crippen molar-refractivity contribution in [1.29, 1.82) is 0 Å². The Labute approximate surface area is 186 Å². The highest BCUT2D eigenvalue weighted by atomic mass is 35.5. The van der Waals surface area contributed by atoms with Gasteiger partial charge in [0.15, 0.2) is 17.6 Å². The predicted molar refractivity (Wildman–Crippen MR) is 114 cm³/mol. The number of halogens is 2. The lowest BCUT2D eigenvalue weighted by atomic mass is 10.1. The molecule has 10 heteroatoms. The molecule has 7 nitrogen and oxygen atoms in total. The molecule has 0 bridgehead atoms. The first-order chi connectivity index (χ1) is 14.7. The fourth-order valence-corrected chi connectivity index (χ4v) is 3.80. The quantitative estimate of drug-likeness (QED) is 0.598. The van der Waals surface area contributed by atoms with Crippen LogP contribution in [0, 0.1) is 5.82 Å². The van der Waals surface area contributed by atoms with Crippen LogP contribution in [-0.2, 0) is 16.1 Å². The van der Waals surface area contributed by atoms with Gasteiger partial charge in [-0.3, -0.25) is 14.5 Å². The molecule has 31 heavy (non-hydrogen) atoms. The molecule has 1 aliphatic rings. The Bertz CT molecular complexity index is 1070. The Balaban J connectivity index is 1.83. The third kappa shape index (κ3) is 5.00. The van der Waals surface area contributed by atoms with E-state index in [-0.39, 0.29) is 33.5 Å². The summed E-state index contributed by atoms with van der Waals surface area (Å²) >= 11 is 6.72. The van der Waals surface area contributed by atoms with Gasteiger partial charge in [0.25, 0.3) is 11.1 Å². The highest BCUT2D eigenvalue weighted by molar-refractivity contribution is 8.18. The van der Waals surface area contributed by atoms with Crippen molar-refractivity contribution in [2.24, 2.45) is 0 Å². The van der Waals surface area contributed by atoms with Gasteiger partial charge in [-0.15, -0.1) is 0 Å². The Morgan fingerprint density at radius 3 is 2.68 bits per heavy atom. The van der Waals surface area contributed by atoms with Crippen molar-refractivity contribution in [2.45, 2.75) is 19.6 Å². The number of carboxylic acids is 1. The van der Waals surface area contributed by atoms with Gasteiger partial charge in [-0.25, -0.2) is 9.18 Å². The molecule has 0 radical (unpaired) electrons. The fourth-order valence-electron chi connectivity index (χ4n) is 2.74. The first-order valence-corrected chi connectivity index (χ1v) is 10.2. The van der Waals surface area contributed by atoms with Crippen LogP contribution < -0.4 is 9.47 Å². The summed E-state index contributed by atoms with van der Waals surface area (Å²) < 4.78 is 24.6. The maximum atomic E-state index is 14.0. The summed E-state index contributed by atoms with van der Waals surface area (Å²) in [6.07, 6.45) is 0.405. The molecule has 1 saturated heterocycles. The third-order valence-corrected chi connectivity index (χ3v) is 5.65. The number of carbonyl (C=O) groups is 3. The van der Waals surface area contributed by atoms with Crippen molar-refractivity contribution < 1.29 is 33.4 Å². The van der Waals surface area contributed by atoms with E-state index in [9.17, 15) is 18.8 Å². The number of rotatable bonds is 7. The van der Waals surface area contributed by atoms with Gasteiger partial charge in [0.05, 0.1) is 18.6 Å². The second-order valence-electron chi connectivity index (χ2n) is 6.48. The SMILES string of the molecule is COc1cc(/C=C2/SC(=O)N(Cc3c(F)cccc3Cl)C2=O)ccc1O[C@@H](C)C(=O)O. The largest absolute Gasteiger partial charge is 0.493 e. The highest BCUT2D eigenvalue weighted by Gasteiger charge is 2.36. The first-order valence-electron chi connectivity index (χ1n) is 8.97. The molecule has 1 N–H and O–H groups in total. The van der Waals surface area contributed by atoms with Gasteiger partial charge >= 0.3 is 5.97 Å². The summed E-state index contributed by atoms with van der Waals surface area (Å²) in [6.45, 7) is 1.10. The number of hydrogen-bond donors (Lipinski definition) is 1. The number of imide groups is 1. The molecule has 2 aromatic rings. The summed E-state index contributed by atoms with van der Waals surface area (Å²) in [5, 5.41) is 8.57. The smallest absolute Gasteiger partial charge is 0.344 e. The molecule has 162 valence electrons. The van der Waals surface area contributed by atoms with Gasteiger partial charge in [0.1, 0.15) is 5.82 Å². The Morgan fingerprint density at radius 1 is 1.29 bits per heavy atom. The lowest BCUT2D eigenvalue weighted by molar-refractivity contribution is -0.144. The molecule has 0 saturated carbocycles. The minimum Gasteiger partial charge on any atom is -0.493 e. The summed E-state index contributed by atoms with van der Waals surface area (Å²) in [5.41, 5.74) is 0.588. The van der Waals surface area contributed by atoms with Gasteiger partial charge < -0.3 is 14.6 Å². The van der Waals surface area contributed by atoms with E-state index in [1.807, 2.05) is 0 Å². The Hall–Kier alpha value is -3.04. The molecule has 0 spiro atoms. The van der Waals surface area contributed by atoms with E-state index < -0.39 is 29.0 Å². The number of nitrogens with zero attached hydrogens (tertiary/aromatic N) is 1. The molecule has 0 aliphatic carbocycles. The van der Waals surface area contributed by atoms with Crippen LogP contribution in [0.1, 0.15) is 18.1 Å². The first kappa shape index (κ1) is 22.6. The molecule has 0 unspecified atom stereocenters. The topological polar surface area (TPSA) is 93.1 Å². The predicted octanol–water partition coefficient (Wildman–Crippen LogP) is 4.58. The van der Waals surface area contributed by atoms with E-state index in [0.29, 0.717) is 5.56 Å². The summed E-state index contributed by atoms with van der Waals surface area (Å²) in [7, 11) is 1.39. The zero-order valence-electron chi connectivity index (χ0n) is 16.4. The lowest BCUT2D eigenvalue weighted by Crippen LogP contribution is -2.28. The second-order valence-corrected chi connectivity index (χ2v) is 7.88. The highest BCUT2D eigenvalue weighted by Crippen LogP contribution is 2.36. The van der Waals surface area contributed by atoms with E-state index in [1.165, 1.54) is 44.4 Å². The molecular weight excluding hydrogens is 449 g/mol. The minimum atomic E-state index is -1.13. The van der Waals surface area contributed by atoms with Crippen molar-refractivity contribution in [2.75, 3.05) is 7.11 Å². The molecule has 1 heterocycles. The number of aliphatic carboxylic acids is 1. The molecule has 1 aliphatic heterocycles. The summed E-state index contributed by atoms with van der Waals surface area (Å²) in [5.74, 6) is -1.83. The maximum Gasteiger partial charge on any atom is 0.344 e.